The van der Waals surface area contributed by atoms with E-state index in [4.69, 9.17) is 0 Å². The predicted octanol–water partition coefficient (Wildman–Crippen LogP) is 2.57. The lowest BCUT2D eigenvalue weighted by atomic mass is 10.2. The van der Waals surface area contributed by atoms with Gasteiger partial charge in [-0.15, -0.1) is 0 Å². The Balaban J connectivity index is 2.50. The first-order valence-electron chi connectivity index (χ1n) is 6.62. The molecule has 0 saturated heterocycles. The van der Waals surface area contributed by atoms with Gasteiger partial charge < -0.3 is 10.2 Å². The predicted molar refractivity (Wildman–Crippen MR) is 78.3 cm³/mol. The van der Waals surface area contributed by atoms with Crippen molar-refractivity contribution in [3.63, 3.8) is 0 Å². The number of aromatic nitrogens is 3. The van der Waals surface area contributed by atoms with Gasteiger partial charge in [0.05, 0.1) is 0 Å². The molecule has 1 aromatic carbocycles. The molecule has 1 heterocycles. The Hall–Kier alpha value is -2.24. The van der Waals surface area contributed by atoms with E-state index in [-0.39, 0.29) is 5.82 Å². The van der Waals surface area contributed by atoms with Gasteiger partial charge in [-0.1, -0.05) is 12.1 Å². The summed E-state index contributed by atoms with van der Waals surface area (Å²) in [5, 5.41) is 2.91. The largest absolute Gasteiger partial charge is 0.357 e. The van der Waals surface area contributed by atoms with Crippen LogP contribution < -0.4 is 10.2 Å². The lowest BCUT2D eigenvalue weighted by Gasteiger charge is -2.19. The average molecular weight is 275 g/mol. The summed E-state index contributed by atoms with van der Waals surface area (Å²) < 4.78 is 13.3. The lowest BCUT2D eigenvalue weighted by molar-refractivity contribution is 0.628. The van der Waals surface area contributed by atoms with Crippen LogP contribution in [0.1, 0.15) is 13.8 Å². The molecule has 0 bridgehead atoms. The van der Waals surface area contributed by atoms with Crippen LogP contribution in [0.5, 0.6) is 0 Å². The molecule has 0 aliphatic heterocycles. The van der Waals surface area contributed by atoms with Crippen molar-refractivity contribution >= 4 is 11.9 Å². The number of anilines is 2. The molecular formula is C14H18FN5. The third-order valence-corrected chi connectivity index (χ3v) is 2.98. The van der Waals surface area contributed by atoms with E-state index in [1.165, 1.54) is 12.1 Å². The molecule has 1 N–H and O–H groups in total. The van der Waals surface area contributed by atoms with Gasteiger partial charge in [-0.3, -0.25) is 0 Å². The molecule has 0 saturated carbocycles. The molecule has 0 atom stereocenters. The fourth-order valence-electron chi connectivity index (χ4n) is 1.88. The normalized spacial score (nSPS) is 10.4. The molecule has 6 heteroatoms. The van der Waals surface area contributed by atoms with Crippen LogP contribution in [0.25, 0.3) is 11.4 Å². The topological polar surface area (TPSA) is 53.9 Å². The van der Waals surface area contributed by atoms with Crippen molar-refractivity contribution in [3.8, 4) is 11.4 Å². The van der Waals surface area contributed by atoms with Gasteiger partial charge in [-0.25, -0.2) is 4.39 Å². The van der Waals surface area contributed by atoms with Crippen molar-refractivity contribution in [2.45, 2.75) is 13.8 Å². The minimum absolute atomic E-state index is 0.307. The highest BCUT2D eigenvalue weighted by atomic mass is 19.1. The third kappa shape index (κ3) is 3.01. The summed E-state index contributed by atoms with van der Waals surface area (Å²) in [6.45, 7) is 5.67. The molecule has 2 rings (SSSR count). The Morgan fingerprint density at radius 1 is 1.15 bits per heavy atom. The molecule has 1 aromatic heterocycles. The summed E-state index contributed by atoms with van der Waals surface area (Å²) in [5.74, 6) is 1.22. The molecule has 0 unspecified atom stereocenters. The van der Waals surface area contributed by atoms with E-state index in [9.17, 15) is 4.39 Å². The molecule has 0 aliphatic rings. The smallest absolute Gasteiger partial charge is 0.230 e. The van der Waals surface area contributed by atoms with Crippen molar-refractivity contribution < 1.29 is 4.39 Å². The van der Waals surface area contributed by atoms with E-state index in [2.05, 4.69) is 20.3 Å². The molecule has 20 heavy (non-hydrogen) atoms. The fraction of sp³-hybridized carbons (Fsp3) is 0.357. The number of nitrogens with zero attached hydrogens (tertiary/aromatic N) is 4. The molecular weight excluding hydrogens is 257 g/mol. The van der Waals surface area contributed by atoms with Gasteiger partial charge >= 0.3 is 0 Å². The number of benzene rings is 1. The van der Waals surface area contributed by atoms with Crippen molar-refractivity contribution in [1.82, 2.24) is 15.0 Å². The summed E-state index contributed by atoms with van der Waals surface area (Å²) >= 11 is 0. The summed E-state index contributed by atoms with van der Waals surface area (Å²) in [4.78, 5) is 15.1. The number of rotatable bonds is 5. The molecule has 0 spiro atoms. The Morgan fingerprint density at radius 3 is 2.50 bits per heavy atom. The van der Waals surface area contributed by atoms with E-state index < -0.39 is 0 Å². The second-order valence-electron chi connectivity index (χ2n) is 4.22. The zero-order valence-electron chi connectivity index (χ0n) is 11.9. The van der Waals surface area contributed by atoms with Crippen LogP contribution in [-0.4, -0.2) is 35.1 Å². The van der Waals surface area contributed by atoms with E-state index in [1.54, 1.807) is 19.2 Å². The van der Waals surface area contributed by atoms with Gasteiger partial charge in [-0.2, -0.15) is 15.0 Å². The van der Waals surface area contributed by atoms with Gasteiger partial charge in [0.25, 0.3) is 0 Å². The summed E-state index contributed by atoms with van der Waals surface area (Å²) in [6.07, 6.45) is 0. The van der Waals surface area contributed by atoms with Gasteiger partial charge in [0.1, 0.15) is 5.82 Å². The molecule has 106 valence electrons. The standard InChI is InChI=1S/C14H18FN5/c1-4-20(5-2)14-18-12(17-13(16-3)19-14)10-7-6-8-11(15)9-10/h6-9H,4-5H2,1-3H3,(H,16,17,18,19). The number of halogens is 1. The van der Waals surface area contributed by atoms with Crippen LogP contribution in [0.3, 0.4) is 0 Å². The van der Waals surface area contributed by atoms with Crippen molar-refractivity contribution in [2.75, 3.05) is 30.4 Å². The van der Waals surface area contributed by atoms with Crippen molar-refractivity contribution in [2.24, 2.45) is 0 Å². The SMILES string of the molecule is CCN(CC)c1nc(NC)nc(-c2cccc(F)c2)n1. The van der Waals surface area contributed by atoms with Crippen LogP contribution in [0, 0.1) is 5.82 Å². The Bertz CT molecular complexity index is 584. The first-order valence-corrected chi connectivity index (χ1v) is 6.62. The highest BCUT2D eigenvalue weighted by molar-refractivity contribution is 5.58. The first-order chi connectivity index (χ1) is 9.67. The maximum Gasteiger partial charge on any atom is 0.230 e. The van der Waals surface area contributed by atoms with Gasteiger partial charge in [0.2, 0.25) is 11.9 Å². The zero-order chi connectivity index (χ0) is 14.5. The number of hydrogen-bond donors (Lipinski definition) is 1. The van der Waals surface area contributed by atoms with Crippen LogP contribution in [-0.2, 0) is 0 Å². The molecule has 0 fully saturated rings. The third-order valence-electron chi connectivity index (χ3n) is 2.98. The molecule has 2 aromatic rings. The van der Waals surface area contributed by atoms with Crippen molar-refractivity contribution in [3.05, 3.63) is 30.1 Å². The van der Waals surface area contributed by atoms with E-state index in [0.29, 0.717) is 23.3 Å². The molecule has 5 nitrogen and oxygen atoms in total. The van der Waals surface area contributed by atoms with Crippen LogP contribution >= 0.6 is 0 Å². The van der Waals surface area contributed by atoms with E-state index >= 15 is 0 Å². The maximum absolute atomic E-state index is 13.3. The maximum atomic E-state index is 13.3. The monoisotopic (exact) mass is 275 g/mol. The van der Waals surface area contributed by atoms with Crippen LogP contribution in [0.2, 0.25) is 0 Å². The molecule has 0 radical (unpaired) electrons. The highest BCUT2D eigenvalue weighted by Crippen LogP contribution is 2.20. The average Bonchev–Trinajstić information content (AvgIpc) is 2.48. The van der Waals surface area contributed by atoms with E-state index in [1.807, 2.05) is 18.7 Å². The first kappa shape index (κ1) is 14.2. The minimum Gasteiger partial charge on any atom is -0.357 e. The second-order valence-corrected chi connectivity index (χ2v) is 4.22. The second kappa shape index (κ2) is 6.27. The Morgan fingerprint density at radius 2 is 1.90 bits per heavy atom. The van der Waals surface area contributed by atoms with Gasteiger partial charge in [-0.05, 0) is 26.0 Å². The number of nitrogens with one attached hydrogen (secondary N) is 1. The van der Waals surface area contributed by atoms with Gasteiger partial charge in [0, 0.05) is 25.7 Å². The van der Waals surface area contributed by atoms with E-state index in [0.717, 1.165) is 13.1 Å². The fourth-order valence-corrected chi connectivity index (χ4v) is 1.88. The molecule has 0 aliphatic carbocycles. The molecule has 0 amide bonds. The van der Waals surface area contributed by atoms with Gasteiger partial charge in [0.15, 0.2) is 5.82 Å². The number of hydrogen-bond acceptors (Lipinski definition) is 5. The van der Waals surface area contributed by atoms with Crippen LogP contribution in [0.4, 0.5) is 16.3 Å². The van der Waals surface area contributed by atoms with Crippen molar-refractivity contribution in [1.29, 1.82) is 0 Å². The summed E-state index contributed by atoms with van der Waals surface area (Å²) in [6, 6.07) is 6.24. The highest BCUT2D eigenvalue weighted by Gasteiger charge is 2.12. The van der Waals surface area contributed by atoms with Crippen LogP contribution in [0.15, 0.2) is 24.3 Å². The zero-order valence-corrected chi connectivity index (χ0v) is 11.9. The quantitative estimate of drug-likeness (QED) is 0.909. The Labute approximate surface area is 117 Å². The Kier molecular flexibility index (Phi) is 4.45. The minimum atomic E-state index is -0.307. The summed E-state index contributed by atoms with van der Waals surface area (Å²) in [5.41, 5.74) is 0.636. The summed E-state index contributed by atoms with van der Waals surface area (Å²) in [7, 11) is 1.75. The lowest BCUT2D eigenvalue weighted by Crippen LogP contribution is -2.25.